The molecule has 0 aromatic carbocycles. The molecule has 22 heavy (non-hydrogen) atoms. The summed E-state index contributed by atoms with van der Waals surface area (Å²) >= 11 is 0. The molecule has 5 unspecified atom stereocenters. The van der Waals surface area contributed by atoms with E-state index in [9.17, 15) is 4.79 Å². The topological polar surface area (TPSA) is 26.3 Å². The lowest BCUT2D eigenvalue weighted by Gasteiger charge is -2.64. The van der Waals surface area contributed by atoms with E-state index in [0.29, 0.717) is 23.7 Å². The summed E-state index contributed by atoms with van der Waals surface area (Å²) < 4.78 is 6.44. The number of ketones is 1. The van der Waals surface area contributed by atoms with Crippen molar-refractivity contribution in [2.24, 2.45) is 22.7 Å². The van der Waals surface area contributed by atoms with Gasteiger partial charge in [-0.25, -0.2) is 0 Å². The average molecular weight is 304 g/mol. The molecule has 0 spiro atoms. The van der Waals surface area contributed by atoms with Crippen molar-refractivity contribution >= 4 is 5.78 Å². The van der Waals surface area contributed by atoms with Crippen molar-refractivity contribution in [3.05, 3.63) is 12.7 Å². The Kier molecular flexibility index (Phi) is 3.46. The Hall–Kier alpha value is -0.630. The van der Waals surface area contributed by atoms with Gasteiger partial charge in [-0.2, -0.15) is 0 Å². The molecule has 0 bridgehead atoms. The molecule has 0 aromatic heterocycles. The van der Waals surface area contributed by atoms with E-state index in [1.807, 2.05) is 6.92 Å². The fourth-order valence-electron chi connectivity index (χ4n) is 6.26. The van der Waals surface area contributed by atoms with Crippen molar-refractivity contribution in [3.8, 4) is 0 Å². The minimum Gasteiger partial charge on any atom is -0.357 e. The van der Waals surface area contributed by atoms with Gasteiger partial charge in [0.1, 0.15) is 5.60 Å². The first kappa shape index (κ1) is 16.2. The molecule has 0 aromatic rings. The van der Waals surface area contributed by atoms with Gasteiger partial charge in [0.25, 0.3) is 0 Å². The third-order valence-electron chi connectivity index (χ3n) is 7.52. The number of carbonyl (C=O) groups is 1. The third kappa shape index (κ3) is 2.06. The average Bonchev–Trinajstić information content (AvgIpc) is 2.40. The maximum Gasteiger partial charge on any atom is 0.168 e. The number of carbonyl (C=O) groups excluding carboxylic acids is 1. The van der Waals surface area contributed by atoms with Crippen LogP contribution < -0.4 is 0 Å². The summed E-state index contributed by atoms with van der Waals surface area (Å²) in [6, 6.07) is 0. The molecule has 3 aliphatic rings. The van der Waals surface area contributed by atoms with Crippen molar-refractivity contribution in [1.29, 1.82) is 0 Å². The molecule has 1 saturated heterocycles. The van der Waals surface area contributed by atoms with Crippen molar-refractivity contribution in [2.45, 2.75) is 84.3 Å². The zero-order valence-electron chi connectivity index (χ0n) is 15.0. The van der Waals surface area contributed by atoms with Crippen molar-refractivity contribution in [2.75, 3.05) is 0 Å². The fourth-order valence-corrected chi connectivity index (χ4v) is 6.26. The molecule has 124 valence electrons. The van der Waals surface area contributed by atoms with Crippen LogP contribution in [0.15, 0.2) is 12.7 Å². The van der Waals surface area contributed by atoms with Crippen molar-refractivity contribution in [1.82, 2.24) is 0 Å². The van der Waals surface area contributed by atoms with Crippen LogP contribution in [0, 0.1) is 22.7 Å². The van der Waals surface area contributed by atoms with Crippen LogP contribution in [0.2, 0.25) is 0 Å². The van der Waals surface area contributed by atoms with Gasteiger partial charge in [-0.3, -0.25) is 4.79 Å². The number of ether oxygens (including phenoxy) is 1. The third-order valence-corrected chi connectivity index (χ3v) is 7.52. The van der Waals surface area contributed by atoms with Crippen LogP contribution in [-0.4, -0.2) is 17.0 Å². The molecule has 3 fully saturated rings. The van der Waals surface area contributed by atoms with Crippen LogP contribution >= 0.6 is 0 Å². The van der Waals surface area contributed by atoms with Crippen LogP contribution in [0.25, 0.3) is 0 Å². The van der Waals surface area contributed by atoms with E-state index in [1.54, 1.807) is 6.08 Å². The Labute approximate surface area is 135 Å². The van der Waals surface area contributed by atoms with E-state index in [4.69, 9.17) is 4.74 Å². The predicted octanol–water partition coefficient (Wildman–Crippen LogP) is 4.92. The minimum atomic E-state index is -0.793. The van der Waals surface area contributed by atoms with Gasteiger partial charge in [0, 0.05) is 12.3 Å². The molecule has 2 saturated carbocycles. The summed E-state index contributed by atoms with van der Waals surface area (Å²) in [5, 5.41) is 0. The van der Waals surface area contributed by atoms with E-state index in [0.717, 1.165) is 6.42 Å². The zero-order chi connectivity index (χ0) is 16.4. The van der Waals surface area contributed by atoms with Crippen LogP contribution in [0.4, 0.5) is 0 Å². The second-order valence-corrected chi connectivity index (χ2v) is 9.35. The molecule has 2 nitrogen and oxygen atoms in total. The van der Waals surface area contributed by atoms with Gasteiger partial charge in [0.15, 0.2) is 5.78 Å². The van der Waals surface area contributed by atoms with Crippen molar-refractivity contribution < 1.29 is 9.53 Å². The molecule has 1 aliphatic heterocycles. The SMILES string of the molecule is C=CC1(C)OC2(C)CCC3C(C)(C)CCCC3(C)C2CC1=O. The van der Waals surface area contributed by atoms with E-state index in [-0.39, 0.29) is 16.8 Å². The summed E-state index contributed by atoms with van der Waals surface area (Å²) in [5.74, 6) is 1.27. The van der Waals surface area contributed by atoms with Crippen LogP contribution in [-0.2, 0) is 9.53 Å². The molecular formula is C20H32O2. The summed E-state index contributed by atoms with van der Waals surface area (Å²) in [7, 11) is 0. The highest BCUT2D eigenvalue weighted by Crippen LogP contribution is 2.65. The second kappa shape index (κ2) is 4.69. The Morgan fingerprint density at radius 2 is 1.77 bits per heavy atom. The molecule has 0 N–H and O–H groups in total. The monoisotopic (exact) mass is 304 g/mol. The number of rotatable bonds is 1. The maximum absolute atomic E-state index is 12.7. The van der Waals surface area contributed by atoms with Gasteiger partial charge in [-0.15, -0.1) is 0 Å². The maximum atomic E-state index is 12.7. The van der Waals surface area contributed by atoms with Gasteiger partial charge in [0.2, 0.25) is 0 Å². The second-order valence-electron chi connectivity index (χ2n) is 9.35. The highest BCUT2D eigenvalue weighted by atomic mass is 16.5. The van der Waals surface area contributed by atoms with Gasteiger partial charge < -0.3 is 4.74 Å². The first-order chi connectivity index (χ1) is 10.1. The largest absolute Gasteiger partial charge is 0.357 e. The molecule has 5 atom stereocenters. The van der Waals surface area contributed by atoms with Gasteiger partial charge in [-0.05, 0) is 56.3 Å². The van der Waals surface area contributed by atoms with Crippen LogP contribution in [0.3, 0.4) is 0 Å². The van der Waals surface area contributed by atoms with E-state index >= 15 is 0 Å². The summed E-state index contributed by atoms with van der Waals surface area (Å²) in [4.78, 5) is 12.7. The van der Waals surface area contributed by atoms with E-state index in [2.05, 4.69) is 34.3 Å². The molecule has 3 rings (SSSR count). The lowest BCUT2D eigenvalue weighted by atomic mass is 9.44. The lowest BCUT2D eigenvalue weighted by Crippen LogP contribution is -2.64. The number of hydrogen-bond donors (Lipinski definition) is 0. The Balaban J connectivity index is 2.00. The van der Waals surface area contributed by atoms with Crippen LogP contribution in [0.1, 0.15) is 73.1 Å². The summed E-state index contributed by atoms with van der Waals surface area (Å²) in [5.41, 5.74) is -0.363. The van der Waals surface area contributed by atoms with Crippen LogP contribution in [0.5, 0.6) is 0 Å². The molecule has 0 radical (unpaired) electrons. The van der Waals surface area contributed by atoms with Gasteiger partial charge in [0.05, 0.1) is 5.60 Å². The van der Waals surface area contributed by atoms with Gasteiger partial charge in [-0.1, -0.05) is 39.8 Å². The predicted molar refractivity (Wildman–Crippen MR) is 89.7 cm³/mol. The minimum absolute atomic E-state index is 0.185. The molecular weight excluding hydrogens is 272 g/mol. The first-order valence-corrected chi connectivity index (χ1v) is 8.94. The smallest absolute Gasteiger partial charge is 0.168 e. The standard InChI is InChI=1S/C20H32O2/c1-7-19(5)16(21)13-15-18(4)11-8-10-17(2,3)14(18)9-12-20(15,6)22-19/h7,14-15H,1,8-13H2,2-6H3. The molecule has 2 heteroatoms. The number of fused-ring (bicyclic) bond motifs is 3. The molecule has 1 heterocycles. The lowest BCUT2D eigenvalue weighted by molar-refractivity contribution is -0.242. The van der Waals surface area contributed by atoms with Gasteiger partial charge >= 0.3 is 0 Å². The fraction of sp³-hybridized carbons (Fsp3) is 0.850. The first-order valence-electron chi connectivity index (χ1n) is 8.94. The summed E-state index contributed by atoms with van der Waals surface area (Å²) in [6.45, 7) is 15.3. The highest BCUT2D eigenvalue weighted by Gasteiger charge is 2.63. The Morgan fingerprint density at radius 1 is 1.09 bits per heavy atom. The Morgan fingerprint density at radius 3 is 2.41 bits per heavy atom. The van der Waals surface area contributed by atoms with Crippen molar-refractivity contribution in [3.63, 3.8) is 0 Å². The number of hydrogen-bond acceptors (Lipinski definition) is 2. The van der Waals surface area contributed by atoms with E-state index in [1.165, 1.54) is 25.7 Å². The van der Waals surface area contributed by atoms with E-state index < -0.39 is 5.60 Å². The Bertz CT molecular complexity index is 508. The quantitative estimate of drug-likeness (QED) is 0.643. The molecule has 2 aliphatic carbocycles. The summed E-state index contributed by atoms with van der Waals surface area (Å²) in [6.07, 6.45) is 8.48. The zero-order valence-corrected chi connectivity index (χ0v) is 15.0. The normalized spacial score (nSPS) is 50.9. The highest BCUT2D eigenvalue weighted by molar-refractivity contribution is 5.90. The molecule has 0 amide bonds. The number of Topliss-reactive ketones (excluding diaryl/α,β-unsaturated/α-hetero) is 1.